The Bertz CT molecular complexity index is 1440. The summed E-state index contributed by atoms with van der Waals surface area (Å²) in [7, 11) is 0. The van der Waals surface area contributed by atoms with Crippen molar-refractivity contribution in [3.8, 4) is 11.1 Å². The molecule has 0 aromatic heterocycles. The van der Waals surface area contributed by atoms with E-state index in [1.54, 1.807) is 4.90 Å². The first kappa shape index (κ1) is 27.9. The van der Waals surface area contributed by atoms with Crippen LogP contribution in [0.15, 0.2) is 78.9 Å². The van der Waals surface area contributed by atoms with Gasteiger partial charge in [-0.15, -0.1) is 0 Å². The van der Waals surface area contributed by atoms with Gasteiger partial charge in [0, 0.05) is 51.5 Å². The average Bonchev–Trinajstić information content (AvgIpc) is 3.55. The van der Waals surface area contributed by atoms with Crippen molar-refractivity contribution < 1.29 is 29.3 Å². The van der Waals surface area contributed by atoms with E-state index in [1.807, 2.05) is 54.6 Å². The van der Waals surface area contributed by atoms with E-state index in [0.717, 1.165) is 27.8 Å². The average molecular weight is 570 g/mol. The molecule has 3 aromatic rings. The molecule has 2 amide bonds. The summed E-state index contributed by atoms with van der Waals surface area (Å²) in [5, 5.41) is 22.8. The summed E-state index contributed by atoms with van der Waals surface area (Å²) in [4.78, 5) is 42.6. The summed E-state index contributed by atoms with van der Waals surface area (Å²) in [6, 6.07) is 26.2. The Hall–Kier alpha value is -4.21. The zero-order valence-electron chi connectivity index (χ0n) is 23.4. The highest BCUT2D eigenvalue weighted by atomic mass is 16.5. The SMILES string of the molecule is O=C(NC1(C(=O)N2CCC(O)(C(=O)O)CC2)CCN(Cc2ccccc2)C1)OCC1c2ccccc2-c2ccccc21. The molecule has 3 aromatic carbocycles. The number of hydrogen-bond donors (Lipinski definition) is 3. The monoisotopic (exact) mass is 569 g/mol. The molecule has 0 saturated carbocycles. The minimum Gasteiger partial charge on any atom is -0.479 e. The quantitative estimate of drug-likeness (QED) is 0.398. The molecule has 2 aliphatic heterocycles. The molecule has 0 bridgehead atoms. The van der Waals surface area contributed by atoms with Gasteiger partial charge in [-0.1, -0.05) is 78.9 Å². The molecular formula is C33H35N3O6. The number of carbonyl (C=O) groups excluding carboxylic acids is 2. The highest BCUT2D eigenvalue weighted by Gasteiger charge is 2.50. The number of hydrogen-bond acceptors (Lipinski definition) is 6. The first-order valence-electron chi connectivity index (χ1n) is 14.4. The molecule has 2 heterocycles. The van der Waals surface area contributed by atoms with Gasteiger partial charge in [0.05, 0.1) is 0 Å². The van der Waals surface area contributed by atoms with Gasteiger partial charge in [0.1, 0.15) is 12.1 Å². The van der Waals surface area contributed by atoms with Crippen molar-refractivity contribution in [3.05, 3.63) is 95.6 Å². The molecule has 1 unspecified atom stereocenters. The number of rotatable bonds is 7. The Morgan fingerprint density at radius 3 is 2.05 bits per heavy atom. The minimum atomic E-state index is -1.85. The van der Waals surface area contributed by atoms with Crippen LogP contribution in [-0.2, 0) is 20.9 Å². The molecule has 9 heteroatoms. The molecule has 6 rings (SSSR count). The molecule has 42 heavy (non-hydrogen) atoms. The van der Waals surface area contributed by atoms with Gasteiger partial charge in [0.15, 0.2) is 5.60 Å². The Morgan fingerprint density at radius 2 is 1.43 bits per heavy atom. The normalized spacial score (nSPS) is 21.4. The maximum Gasteiger partial charge on any atom is 0.408 e. The van der Waals surface area contributed by atoms with E-state index in [-0.39, 0.29) is 44.4 Å². The van der Waals surface area contributed by atoms with Crippen LogP contribution in [0.1, 0.15) is 41.9 Å². The standard InChI is InChI=1S/C33H35N3O6/c37-29(36-18-15-33(41,16-19-36)30(38)39)32(14-17-35(22-32)20-23-8-2-1-3-9-23)34-31(40)42-21-28-26-12-6-4-10-24(26)25-11-5-7-13-27(25)28/h1-13,28,41H,14-22H2,(H,34,40)(H,38,39). The molecule has 3 N–H and O–H groups in total. The first-order valence-corrected chi connectivity index (χ1v) is 14.4. The molecule has 3 aliphatic rings. The fourth-order valence-electron chi connectivity index (χ4n) is 6.62. The number of aliphatic hydroxyl groups is 1. The molecule has 0 spiro atoms. The lowest BCUT2D eigenvalue weighted by molar-refractivity contribution is -0.166. The number of carboxylic acid groups (broad SMARTS) is 1. The van der Waals surface area contributed by atoms with Crippen LogP contribution >= 0.6 is 0 Å². The fraction of sp³-hybridized carbons (Fsp3) is 0.364. The van der Waals surface area contributed by atoms with Crippen LogP contribution in [0.2, 0.25) is 0 Å². The zero-order chi connectivity index (χ0) is 29.3. The number of carbonyl (C=O) groups is 3. The van der Waals surface area contributed by atoms with Gasteiger partial charge in [0.25, 0.3) is 0 Å². The van der Waals surface area contributed by atoms with Crippen molar-refractivity contribution in [2.24, 2.45) is 0 Å². The van der Waals surface area contributed by atoms with Crippen LogP contribution in [0.5, 0.6) is 0 Å². The molecule has 9 nitrogen and oxygen atoms in total. The predicted molar refractivity (Wildman–Crippen MR) is 156 cm³/mol. The molecule has 0 radical (unpaired) electrons. The maximum absolute atomic E-state index is 14.0. The topological polar surface area (TPSA) is 119 Å². The second-order valence-electron chi connectivity index (χ2n) is 11.6. The van der Waals surface area contributed by atoms with Crippen LogP contribution in [0, 0.1) is 0 Å². The van der Waals surface area contributed by atoms with Gasteiger partial charge in [-0.2, -0.15) is 0 Å². The number of ether oxygens (including phenoxy) is 1. The zero-order valence-corrected chi connectivity index (χ0v) is 23.4. The van der Waals surface area contributed by atoms with Gasteiger partial charge in [-0.25, -0.2) is 9.59 Å². The number of aliphatic carboxylic acids is 1. The van der Waals surface area contributed by atoms with E-state index >= 15 is 0 Å². The van der Waals surface area contributed by atoms with E-state index in [1.165, 1.54) is 0 Å². The third-order valence-corrected chi connectivity index (χ3v) is 8.97. The lowest BCUT2D eigenvalue weighted by Crippen LogP contribution is -2.63. The summed E-state index contributed by atoms with van der Waals surface area (Å²) in [6.07, 6.45) is -0.403. The number of nitrogens with one attached hydrogen (secondary N) is 1. The van der Waals surface area contributed by atoms with Gasteiger partial charge in [-0.3, -0.25) is 9.69 Å². The third-order valence-electron chi connectivity index (χ3n) is 8.97. The number of likely N-dealkylation sites (tertiary alicyclic amines) is 2. The molecule has 1 aliphatic carbocycles. The van der Waals surface area contributed by atoms with E-state index in [2.05, 4.69) is 34.5 Å². The Morgan fingerprint density at radius 1 is 0.833 bits per heavy atom. The number of nitrogens with zero attached hydrogens (tertiary/aromatic N) is 2. The highest BCUT2D eigenvalue weighted by molar-refractivity contribution is 5.91. The largest absolute Gasteiger partial charge is 0.479 e. The van der Waals surface area contributed by atoms with Crippen LogP contribution in [-0.4, -0.2) is 81.9 Å². The highest BCUT2D eigenvalue weighted by Crippen LogP contribution is 2.44. The first-order chi connectivity index (χ1) is 20.3. The summed E-state index contributed by atoms with van der Waals surface area (Å²) in [5.74, 6) is -1.67. The van der Waals surface area contributed by atoms with E-state index < -0.39 is 23.2 Å². The third kappa shape index (κ3) is 5.26. The van der Waals surface area contributed by atoms with E-state index in [9.17, 15) is 24.6 Å². The van der Waals surface area contributed by atoms with Crippen LogP contribution in [0.4, 0.5) is 4.79 Å². The number of carboxylic acids is 1. The van der Waals surface area contributed by atoms with Crippen molar-refractivity contribution in [2.75, 3.05) is 32.8 Å². The molecule has 218 valence electrons. The lowest BCUT2D eigenvalue weighted by Gasteiger charge is -2.40. The smallest absolute Gasteiger partial charge is 0.408 e. The van der Waals surface area contributed by atoms with E-state index in [4.69, 9.17) is 4.74 Å². The van der Waals surface area contributed by atoms with Crippen LogP contribution in [0.3, 0.4) is 0 Å². The summed E-state index contributed by atoms with van der Waals surface area (Å²) in [5.41, 5.74) is 2.50. The van der Waals surface area contributed by atoms with Gasteiger partial charge >= 0.3 is 12.1 Å². The van der Waals surface area contributed by atoms with Gasteiger partial charge in [0.2, 0.25) is 5.91 Å². The summed E-state index contributed by atoms with van der Waals surface area (Å²) < 4.78 is 5.83. The fourth-order valence-corrected chi connectivity index (χ4v) is 6.62. The Balaban J connectivity index is 1.18. The summed E-state index contributed by atoms with van der Waals surface area (Å²) in [6.45, 7) is 1.83. The molecule has 1 atom stereocenters. The molecule has 2 fully saturated rings. The second-order valence-corrected chi connectivity index (χ2v) is 11.6. The van der Waals surface area contributed by atoms with Gasteiger partial charge < -0.3 is 25.2 Å². The summed E-state index contributed by atoms with van der Waals surface area (Å²) >= 11 is 0. The number of fused-ring (bicyclic) bond motifs is 3. The number of piperidine rings is 1. The second kappa shape index (κ2) is 11.2. The van der Waals surface area contributed by atoms with Crippen LogP contribution in [0.25, 0.3) is 11.1 Å². The number of benzene rings is 3. The van der Waals surface area contributed by atoms with E-state index in [0.29, 0.717) is 26.1 Å². The lowest BCUT2D eigenvalue weighted by atomic mass is 9.89. The van der Waals surface area contributed by atoms with Crippen molar-refractivity contribution in [1.29, 1.82) is 0 Å². The van der Waals surface area contributed by atoms with Crippen molar-refractivity contribution in [1.82, 2.24) is 15.1 Å². The Labute approximate surface area is 244 Å². The van der Waals surface area contributed by atoms with Crippen molar-refractivity contribution in [3.63, 3.8) is 0 Å². The minimum absolute atomic E-state index is 0.0666. The molecule has 2 saturated heterocycles. The number of amides is 2. The van der Waals surface area contributed by atoms with Crippen molar-refractivity contribution in [2.45, 2.75) is 42.9 Å². The molecular weight excluding hydrogens is 534 g/mol. The Kier molecular flexibility index (Phi) is 7.47. The van der Waals surface area contributed by atoms with Crippen molar-refractivity contribution >= 4 is 18.0 Å². The predicted octanol–water partition coefficient (Wildman–Crippen LogP) is 3.61. The van der Waals surface area contributed by atoms with Gasteiger partial charge in [-0.05, 0) is 34.2 Å². The number of alkyl carbamates (subject to hydrolysis) is 1. The van der Waals surface area contributed by atoms with Crippen LogP contribution < -0.4 is 5.32 Å². The maximum atomic E-state index is 14.0.